The number of fused-ring (bicyclic) bond motifs is 3. The van der Waals surface area contributed by atoms with E-state index in [1.54, 1.807) is 38.2 Å². The number of carbonyl (C=O) groups excluding carboxylic acids is 2. The molecular weight excluding hydrogens is 438 g/mol. The fourth-order valence-corrected chi connectivity index (χ4v) is 3.72. The molecule has 4 rings (SSSR count). The molecule has 1 aromatic heterocycles. The van der Waals surface area contributed by atoms with E-state index in [9.17, 15) is 19.7 Å². The lowest BCUT2D eigenvalue weighted by Gasteiger charge is -2.22. The number of carbonyl (C=O) groups is 2. The van der Waals surface area contributed by atoms with Gasteiger partial charge in [-0.1, -0.05) is 18.2 Å². The SMILES string of the molecule is CCOC(=O)N(C(=O)OCC)c1cc(-c2ccc([N+](=O)[O-])cc2)cc2c1cnc1ccccc12. The summed E-state index contributed by atoms with van der Waals surface area (Å²) in [7, 11) is 0. The number of anilines is 1. The van der Waals surface area contributed by atoms with Crippen LogP contribution in [0.15, 0.2) is 66.9 Å². The molecule has 0 aliphatic heterocycles. The molecule has 2 amide bonds. The fourth-order valence-electron chi connectivity index (χ4n) is 3.72. The topological polar surface area (TPSA) is 112 Å². The quantitative estimate of drug-likeness (QED) is 0.202. The van der Waals surface area contributed by atoms with Crippen LogP contribution >= 0.6 is 0 Å². The van der Waals surface area contributed by atoms with Crippen molar-refractivity contribution in [2.75, 3.05) is 18.1 Å². The van der Waals surface area contributed by atoms with Crippen molar-refractivity contribution in [1.29, 1.82) is 0 Å². The smallest absolute Gasteiger partial charge is 0.424 e. The van der Waals surface area contributed by atoms with E-state index in [-0.39, 0.29) is 24.6 Å². The number of ether oxygens (including phenoxy) is 2. The van der Waals surface area contributed by atoms with Gasteiger partial charge >= 0.3 is 12.2 Å². The molecular formula is C25H21N3O6. The third-order valence-corrected chi connectivity index (χ3v) is 5.24. The number of pyridine rings is 1. The molecule has 4 aromatic rings. The summed E-state index contributed by atoms with van der Waals surface area (Å²) in [5, 5.41) is 13.2. The average Bonchev–Trinajstić information content (AvgIpc) is 2.84. The number of amides is 2. The van der Waals surface area contributed by atoms with E-state index in [0.29, 0.717) is 16.5 Å². The zero-order valence-corrected chi connectivity index (χ0v) is 18.6. The first-order valence-electron chi connectivity index (χ1n) is 10.6. The molecule has 0 aliphatic carbocycles. The Labute approximate surface area is 194 Å². The van der Waals surface area contributed by atoms with Gasteiger partial charge in [0.25, 0.3) is 5.69 Å². The number of para-hydroxylation sites is 1. The molecule has 0 spiro atoms. The highest BCUT2D eigenvalue weighted by atomic mass is 16.6. The number of hydrogen-bond donors (Lipinski definition) is 0. The normalized spacial score (nSPS) is 10.8. The van der Waals surface area contributed by atoms with E-state index in [4.69, 9.17) is 9.47 Å². The highest BCUT2D eigenvalue weighted by Gasteiger charge is 2.29. The average molecular weight is 459 g/mol. The number of non-ortho nitro benzene ring substituents is 1. The number of nitro benzene ring substituents is 1. The van der Waals surface area contributed by atoms with E-state index in [1.165, 1.54) is 12.1 Å². The van der Waals surface area contributed by atoms with E-state index in [0.717, 1.165) is 21.2 Å². The predicted molar refractivity (Wildman–Crippen MR) is 128 cm³/mol. The summed E-state index contributed by atoms with van der Waals surface area (Å²) in [6.45, 7) is 3.41. The Hall–Kier alpha value is -4.53. The van der Waals surface area contributed by atoms with Crippen LogP contribution in [0.2, 0.25) is 0 Å². The van der Waals surface area contributed by atoms with Crippen molar-refractivity contribution in [2.24, 2.45) is 0 Å². The molecule has 1 heterocycles. The Morgan fingerprint density at radius 3 is 2.15 bits per heavy atom. The number of benzene rings is 3. The highest BCUT2D eigenvalue weighted by molar-refractivity contribution is 6.19. The first-order chi connectivity index (χ1) is 16.4. The van der Waals surface area contributed by atoms with Crippen molar-refractivity contribution in [3.8, 4) is 11.1 Å². The molecule has 0 N–H and O–H groups in total. The molecule has 0 saturated heterocycles. The van der Waals surface area contributed by atoms with Crippen LogP contribution < -0.4 is 4.90 Å². The summed E-state index contributed by atoms with van der Waals surface area (Å²) in [5.74, 6) is 0. The predicted octanol–water partition coefficient (Wildman–Crippen LogP) is 6.08. The first-order valence-corrected chi connectivity index (χ1v) is 10.6. The van der Waals surface area contributed by atoms with Gasteiger partial charge in [0, 0.05) is 29.1 Å². The molecule has 0 fully saturated rings. The van der Waals surface area contributed by atoms with Gasteiger partial charge in [-0.05, 0) is 60.7 Å². The summed E-state index contributed by atoms with van der Waals surface area (Å²) >= 11 is 0. The molecule has 3 aromatic carbocycles. The zero-order valence-electron chi connectivity index (χ0n) is 18.6. The lowest BCUT2D eigenvalue weighted by atomic mass is 9.97. The highest BCUT2D eigenvalue weighted by Crippen LogP contribution is 2.37. The maximum Gasteiger partial charge on any atom is 0.424 e. The molecule has 34 heavy (non-hydrogen) atoms. The van der Waals surface area contributed by atoms with E-state index >= 15 is 0 Å². The molecule has 9 nitrogen and oxygen atoms in total. The number of hydrogen-bond acceptors (Lipinski definition) is 7. The lowest BCUT2D eigenvalue weighted by molar-refractivity contribution is -0.384. The largest absolute Gasteiger partial charge is 0.449 e. The molecule has 172 valence electrons. The minimum atomic E-state index is -0.878. The van der Waals surface area contributed by atoms with Gasteiger partial charge in [-0.3, -0.25) is 15.1 Å². The van der Waals surface area contributed by atoms with Gasteiger partial charge in [0.1, 0.15) is 0 Å². The maximum absolute atomic E-state index is 12.8. The van der Waals surface area contributed by atoms with Gasteiger partial charge in [-0.15, -0.1) is 0 Å². The van der Waals surface area contributed by atoms with Gasteiger partial charge in [-0.2, -0.15) is 4.90 Å². The van der Waals surface area contributed by atoms with Crippen LogP contribution in [0, 0.1) is 10.1 Å². The van der Waals surface area contributed by atoms with Crippen molar-refractivity contribution in [3.63, 3.8) is 0 Å². The fraction of sp³-hybridized carbons (Fsp3) is 0.160. The first kappa shape index (κ1) is 22.7. The van der Waals surface area contributed by atoms with Crippen molar-refractivity contribution in [1.82, 2.24) is 4.98 Å². The van der Waals surface area contributed by atoms with Crippen molar-refractivity contribution < 1.29 is 24.0 Å². The monoisotopic (exact) mass is 459 g/mol. The lowest BCUT2D eigenvalue weighted by Crippen LogP contribution is -2.38. The van der Waals surface area contributed by atoms with E-state index < -0.39 is 17.1 Å². The van der Waals surface area contributed by atoms with Crippen LogP contribution in [-0.4, -0.2) is 35.3 Å². The van der Waals surface area contributed by atoms with Gasteiger partial charge in [0.05, 0.1) is 29.3 Å². The van der Waals surface area contributed by atoms with Crippen LogP contribution in [0.4, 0.5) is 21.0 Å². The summed E-state index contributed by atoms with van der Waals surface area (Å²) in [4.78, 5) is 41.6. The Morgan fingerprint density at radius 2 is 1.53 bits per heavy atom. The molecule has 0 atom stereocenters. The van der Waals surface area contributed by atoms with Gasteiger partial charge in [0.15, 0.2) is 0 Å². The van der Waals surface area contributed by atoms with Crippen LogP contribution in [0.5, 0.6) is 0 Å². The van der Waals surface area contributed by atoms with Gasteiger partial charge in [0.2, 0.25) is 0 Å². The third-order valence-electron chi connectivity index (χ3n) is 5.24. The Kier molecular flexibility index (Phi) is 6.35. The second-order valence-corrected chi connectivity index (χ2v) is 7.27. The molecule has 0 unspecified atom stereocenters. The Balaban J connectivity index is 2.02. The summed E-state index contributed by atoms with van der Waals surface area (Å²) in [6.07, 6.45) is -0.162. The molecule has 0 saturated carbocycles. The maximum atomic E-state index is 12.8. The molecule has 0 aliphatic rings. The number of nitro groups is 1. The second kappa shape index (κ2) is 9.53. The van der Waals surface area contributed by atoms with Crippen LogP contribution in [-0.2, 0) is 9.47 Å². The zero-order chi connectivity index (χ0) is 24.2. The van der Waals surface area contributed by atoms with Crippen LogP contribution in [0.25, 0.3) is 32.8 Å². The minimum Gasteiger partial charge on any atom is -0.449 e. The molecule has 0 radical (unpaired) electrons. The van der Waals surface area contributed by atoms with Crippen molar-refractivity contribution >= 4 is 45.2 Å². The molecule has 0 bridgehead atoms. The standard InChI is InChI=1S/C25H21N3O6/c1-3-33-24(29)27(25(30)34-4-2)23-14-17(16-9-11-18(12-10-16)28(31)32)13-20-19-7-5-6-8-22(19)26-15-21(20)23/h5-15H,3-4H2,1-2H3. The van der Waals surface area contributed by atoms with Crippen LogP contribution in [0.1, 0.15) is 13.8 Å². The van der Waals surface area contributed by atoms with Crippen LogP contribution in [0.3, 0.4) is 0 Å². The summed E-state index contributed by atoms with van der Waals surface area (Å²) in [6, 6.07) is 17.1. The van der Waals surface area contributed by atoms with E-state index in [2.05, 4.69) is 4.98 Å². The number of rotatable bonds is 5. The number of imide groups is 1. The van der Waals surface area contributed by atoms with Gasteiger partial charge in [-0.25, -0.2) is 9.59 Å². The van der Waals surface area contributed by atoms with Crippen molar-refractivity contribution in [3.05, 3.63) is 77.0 Å². The van der Waals surface area contributed by atoms with Gasteiger partial charge < -0.3 is 9.47 Å². The minimum absolute atomic E-state index is 0.0425. The number of aromatic nitrogens is 1. The van der Waals surface area contributed by atoms with E-state index in [1.807, 2.05) is 30.3 Å². The second-order valence-electron chi connectivity index (χ2n) is 7.27. The Bertz CT molecular complexity index is 1380. The molecule has 9 heteroatoms. The number of nitrogens with zero attached hydrogens (tertiary/aromatic N) is 3. The summed E-state index contributed by atoms with van der Waals surface area (Å²) in [5.41, 5.74) is 2.25. The third kappa shape index (κ3) is 4.23. The summed E-state index contributed by atoms with van der Waals surface area (Å²) < 4.78 is 10.3. The van der Waals surface area contributed by atoms with Crippen molar-refractivity contribution in [2.45, 2.75) is 13.8 Å². The Morgan fingerprint density at radius 1 is 0.882 bits per heavy atom.